The number of hydrogen-bond donors (Lipinski definition) is 1. The van der Waals surface area contributed by atoms with Crippen molar-refractivity contribution in [2.24, 2.45) is 0 Å². The number of hydrogen-bond acceptors (Lipinski definition) is 3. The molecule has 78 valence electrons. The van der Waals surface area contributed by atoms with Gasteiger partial charge in [0.1, 0.15) is 11.9 Å². The topological polar surface area (TPSA) is 51.5 Å². The van der Waals surface area contributed by atoms with Crippen molar-refractivity contribution in [2.45, 2.75) is 33.3 Å². The van der Waals surface area contributed by atoms with Gasteiger partial charge in [-0.25, -0.2) is 4.79 Å². The number of carbonyl (C=O) groups excluding carboxylic acids is 1. The minimum Gasteiger partial charge on any atom is -0.470 e. The minimum atomic E-state index is -0.484. The molecule has 14 heavy (non-hydrogen) atoms. The van der Waals surface area contributed by atoms with Crippen molar-refractivity contribution in [3.8, 4) is 0 Å². The normalized spacial score (nSPS) is 11.1. The summed E-state index contributed by atoms with van der Waals surface area (Å²) in [5.74, 6) is 0. The molecule has 0 radical (unpaired) electrons. The van der Waals surface area contributed by atoms with E-state index in [2.05, 4.69) is 5.32 Å². The first-order chi connectivity index (χ1) is 6.38. The fourth-order valence-corrected chi connectivity index (χ4v) is 0.902. The monoisotopic (exact) mass is 197 g/mol. The predicted octanol–water partition coefficient (Wildman–Crippen LogP) is 2.94. The quantitative estimate of drug-likeness (QED) is 0.753. The van der Waals surface area contributed by atoms with Crippen LogP contribution in [0.5, 0.6) is 0 Å². The smallest absolute Gasteiger partial charge is 0.412 e. The summed E-state index contributed by atoms with van der Waals surface area (Å²) in [5, 5.41) is 2.59. The van der Waals surface area contributed by atoms with Crippen LogP contribution < -0.4 is 5.32 Å². The number of nitrogens with one attached hydrogen (secondary N) is 1. The first-order valence-electron chi connectivity index (χ1n) is 4.41. The number of amides is 1. The highest BCUT2D eigenvalue weighted by Crippen LogP contribution is 2.16. The first-order valence-corrected chi connectivity index (χ1v) is 4.41. The third-order valence-electron chi connectivity index (χ3n) is 1.49. The fourth-order valence-electron chi connectivity index (χ4n) is 0.902. The Morgan fingerprint density at radius 2 is 2.07 bits per heavy atom. The molecule has 1 rings (SSSR count). The van der Waals surface area contributed by atoms with Crippen LogP contribution in [0.4, 0.5) is 10.5 Å². The molecule has 0 bridgehead atoms. The van der Waals surface area contributed by atoms with Crippen LogP contribution in [0.25, 0.3) is 0 Å². The van der Waals surface area contributed by atoms with E-state index in [0.29, 0.717) is 5.69 Å². The summed E-state index contributed by atoms with van der Waals surface area (Å²) in [6.45, 7) is 7.29. The van der Waals surface area contributed by atoms with Gasteiger partial charge in [0.2, 0.25) is 0 Å². The van der Waals surface area contributed by atoms with Gasteiger partial charge in [-0.15, -0.1) is 0 Å². The molecule has 0 spiro atoms. The molecule has 1 aromatic rings. The zero-order valence-corrected chi connectivity index (χ0v) is 8.88. The highest BCUT2D eigenvalue weighted by atomic mass is 16.6. The van der Waals surface area contributed by atoms with E-state index in [0.717, 1.165) is 5.56 Å². The molecule has 0 aliphatic heterocycles. The first kappa shape index (κ1) is 10.6. The average Bonchev–Trinajstić information content (AvgIpc) is 2.32. The lowest BCUT2D eigenvalue weighted by atomic mass is 10.2. The van der Waals surface area contributed by atoms with Crippen molar-refractivity contribution in [3.05, 3.63) is 18.1 Å². The molecule has 0 fully saturated rings. The summed E-state index contributed by atoms with van der Waals surface area (Å²) < 4.78 is 9.98. The fraction of sp³-hybridized carbons (Fsp3) is 0.500. The zero-order valence-electron chi connectivity index (χ0n) is 8.88. The summed E-state index contributed by atoms with van der Waals surface area (Å²) in [4.78, 5) is 11.3. The number of furan rings is 1. The zero-order chi connectivity index (χ0) is 10.8. The Kier molecular flexibility index (Phi) is 2.84. The molecule has 0 unspecified atom stereocenters. The maximum atomic E-state index is 11.3. The molecular weight excluding hydrogens is 182 g/mol. The van der Waals surface area contributed by atoms with Crippen molar-refractivity contribution in [1.82, 2.24) is 0 Å². The minimum absolute atomic E-state index is 0.470. The number of carbonyl (C=O) groups is 1. The van der Waals surface area contributed by atoms with Crippen molar-refractivity contribution in [1.29, 1.82) is 0 Å². The van der Waals surface area contributed by atoms with E-state index in [-0.39, 0.29) is 0 Å². The molecular formula is C10H15NO3. The van der Waals surface area contributed by atoms with Crippen LogP contribution in [-0.4, -0.2) is 11.7 Å². The van der Waals surface area contributed by atoms with Crippen LogP contribution in [0.3, 0.4) is 0 Å². The molecule has 0 aliphatic rings. The van der Waals surface area contributed by atoms with Crippen LogP contribution in [0.1, 0.15) is 26.3 Å². The molecule has 1 aromatic heterocycles. The summed E-state index contributed by atoms with van der Waals surface area (Å²) in [7, 11) is 0. The van der Waals surface area contributed by atoms with E-state index < -0.39 is 11.7 Å². The van der Waals surface area contributed by atoms with Gasteiger partial charge < -0.3 is 9.15 Å². The van der Waals surface area contributed by atoms with Crippen molar-refractivity contribution < 1.29 is 13.9 Å². The van der Waals surface area contributed by atoms with Crippen LogP contribution in [0.2, 0.25) is 0 Å². The van der Waals surface area contributed by atoms with E-state index in [1.54, 1.807) is 6.26 Å². The van der Waals surface area contributed by atoms with Crippen molar-refractivity contribution >= 4 is 11.8 Å². The second-order valence-electron chi connectivity index (χ2n) is 4.10. The number of ether oxygens (including phenoxy) is 1. The lowest BCUT2D eigenvalue weighted by Gasteiger charge is -2.19. The molecule has 0 saturated heterocycles. The van der Waals surface area contributed by atoms with Gasteiger partial charge in [-0.2, -0.15) is 0 Å². The summed E-state index contributed by atoms with van der Waals surface area (Å²) in [6.07, 6.45) is 2.56. The second-order valence-corrected chi connectivity index (χ2v) is 4.10. The Morgan fingerprint density at radius 3 is 2.50 bits per heavy atom. The van der Waals surface area contributed by atoms with Crippen molar-refractivity contribution in [2.75, 3.05) is 5.32 Å². The Labute approximate surface area is 83.2 Å². The lowest BCUT2D eigenvalue weighted by Crippen LogP contribution is -2.27. The summed E-state index contributed by atoms with van der Waals surface area (Å²) >= 11 is 0. The SMILES string of the molecule is Cc1cocc1NC(=O)OC(C)(C)C. The Bertz CT molecular complexity index is 322. The molecule has 0 aliphatic carbocycles. The number of rotatable bonds is 1. The standard InChI is InChI=1S/C10H15NO3/c1-7-5-13-6-8(7)11-9(12)14-10(2,3)4/h5-6H,1-4H3,(H,11,12). The number of aryl methyl sites for hydroxylation is 1. The van der Waals surface area contributed by atoms with Gasteiger partial charge >= 0.3 is 6.09 Å². The van der Waals surface area contributed by atoms with Gasteiger partial charge in [-0.3, -0.25) is 5.32 Å². The molecule has 1 heterocycles. The van der Waals surface area contributed by atoms with Gasteiger partial charge in [0.25, 0.3) is 0 Å². The van der Waals surface area contributed by atoms with E-state index in [1.165, 1.54) is 6.26 Å². The van der Waals surface area contributed by atoms with Gasteiger partial charge in [-0.05, 0) is 27.7 Å². The Balaban J connectivity index is 2.54. The second kappa shape index (κ2) is 3.74. The van der Waals surface area contributed by atoms with E-state index in [9.17, 15) is 4.79 Å². The van der Waals surface area contributed by atoms with Crippen LogP contribution in [-0.2, 0) is 4.74 Å². The third-order valence-corrected chi connectivity index (χ3v) is 1.49. The van der Waals surface area contributed by atoms with Gasteiger partial charge in [-0.1, -0.05) is 0 Å². The van der Waals surface area contributed by atoms with Crippen LogP contribution in [0, 0.1) is 6.92 Å². The van der Waals surface area contributed by atoms with Gasteiger partial charge in [0.05, 0.1) is 12.0 Å². The molecule has 1 amide bonds. The van der Waals surface area contributed by atoms with Crippen LogP contribution in [0.15, 0.2) is 16.9 Å². The van der Waals surface area contributed by atoms with Gasteiger partial charge in [0, 0.05) is 5.56 Å². The average molecular weight is 197 g/mol. The van der Waals surface area contributed by atoms with Crippen molar-refractivity contribution in [3.63, 3.8) is 0 Å². The molecule has 0 atom stereocenters. The predicted molar refractivity (Wildman–Crippen MR) is 53.3 cm³/mol. The Morgan fingerprint density at radius 1 is 1.43 bits per heavy atom. The summed E-state index contributed by atoms with van der Waals surface area (Å²) in [6, 6.07) is 0. The molecule has 0 saturated carbocycles. The highest BCUT2D eigenvalue weighted by molar-refractivity contribution is 5.85. The molecule has 1 N–H and O–H groups in total. The lowest BCUT2D eigenvalue weighted by molar-refractivity contribution is 0.0635. The molecule has 4 heteroatoms. The molecule has 0 aromatic carbocycles. The number of anilines is 1. The molecule has 4 nitrogen and oxygen atoms in total. The van der Waals surface area contributed by atoms with E-state index in [1.807, 2.05) is 27.7 Å². The summed E-state index contributed by atoms with van der Waals surface area (Å²) in [5.41, 5.74) is 1.02. The maximum Gasteiger partial charge on any atom is 0.412 e. The van der Waals surface area contributed by atoms with E-state index in [4.69, 9.17) is 9.15 Å². The highest BCUT2D eigenvalue weighted by Gasteiger charge is 2.16. The van der Waals surface area contributed by atoms with Gasteiger partial charge in [0.15, 0.2) is 0 Å². The Hall–Kier alpha value is -1.45. The third kappa shape index (κ3) is 3.12. The largest absolute Gasteiger partial charge is 0.470 e. The maximum absolute atomic E-state index is 11.3. The van der Waals surface area contributed by atoms with Crippen LogP contribution >= 0.6 is 0 Å². The van der Waals surface area contributed by atoms with E-state index >= 15 is 0 Å².